The van der Waals surface area contributed by atoms with Crippen LogP contribution in [0.1, 0.15) is 59.3 Å². The SMILES string of the molecule is CCOCCCCCCCCNS(=O)(=O)C1CN(CC(C)C)C1. The first-order chi connectivity index (χ1) is 11.0. The van der Waals surface area contributed by atoms with Gasteiger partial charge in [0.2, 0.25) is 10.0 Å². The van der Waals surface area contributed by atoms with E-state index in [-0.39, 0.29) is 5.25 Å². The molecule has 0 bridgehead atoms. The van der Waals surface area contributed by atoms with Crippen molar-refractivity contribution in [3.8, 4) is 0 Å². The van der Waals surface area contributed by atoms with E-state index in [0.29, 0.717) is 25.6 Å². The van der Waals surface area contributed by atoms with E-state index in [4.69, 9.17) is 4.74 Å². The van der Waals surface area contributed by atoms with Crippen molar-refractivity contribution in [2.75, 3.05) is 39.4 Å². The van der Waals surface area contributed by atoms with Crippen LogP contribution in [-0.4, -0.2) is 58.0 Å². The maximum atomic E-state index is 12.1. The Hall–Kier alpha value is -0.170. The highest BCUT2D eigenvalue weighted by molar-refractivity contribution is 7.90. The molecule has 1 rings (SSSR count). The zero-order valence-corrected chi connectivity index (χ0v) is 16.0. The topological polar surface area (TPSA) is 58.6 Å². The van der Waals surface area contributed by atoms with Crippen LogP contribution in [0, 0.1) is 5.92 Å². The second kappa shape index (κ2) is 11.4. The lowest BCUT2D eigenvalue weighted by Crippen LogP contribution is -2.58. The number of rotatable bonds is 14. The van der Waals surface area contributed by atoms with Crippen molar-refractivity contribution in [1.82, 2.24) is 9.62 Å². The van der Waals surface area contributed by atoms with Gasteiger partial charge in [0.15, 0.2) is 0 Å². The standard InChI is InChI=1S/C17H36N2O3S/c1-4-22-12-10-8-6-5-7-9-11-18-23(20,21)17-14-19(15-17)13-16(2)3/h16-18H,4-15H2,1-3H3. The zero-order chi connectivity index (χ0) is 17.1. The fraction of sp³-hybridized carbons (Fsp3) is 1.00. The van der Waals surface area contributed by atoms with Crippen molar-refractivity contribution in [3.05, 3.63) is 0 Å². The van der Waals surface area contributed by atoms with Crippen LogP contribution in [0.4, 0.5) is 0 Å². The molecule has 1 fully saturated rings. The summed E-state index contributed by atoms with van der Waals surface area (Å²) in [5.74, 6) is 0.597. The first-order valence-electron chi connectivity index (χ1n) is 9.24. The Balaban J connectivity index is 1.97. The third-order valence-corrected chi connectivity index (χ3v) is 5.99. The summed E-state index contributed by atoms with van der Waals surface area (Å²) in [4.78, 5) is 2.22. The van der Waals surface area contributed by atoms with E-state index < -0.39 is 10.0 Å². The molecule has 23 heavy (non-hydrogen) atoms. The van der Waals surface area contributed by atoms with Crippen LogP contribution < -0.4 is 4.72 Å². The minimum Gasteiger partial charge on any atom is -0.382 e. The third-order valence-electron chi connectivity index (χ3n) is 4.21. The highest BCUT2D eigenvalue weighted by atomic mass is 32.2. The summed E-state index contributed by atoms with van der Waals surface area (Å²) in [5, 5.41) is -0.209. The van der Waals surface area contributed by atoms with Gasteiger partial charge in [0.1, 0.15) is 5.25 Å². The number of unbranched alkanes of at least 4 members (excludes halogenated alkanes) is 5. The minimum atomic E-state index is -3.11. The summed E-state index contributed by atoms with van der Waals surface area (Å²) >= 11 is 0. The van der Waals surface area contributed by atoms with E-state index in [1.807, 2.05) is 6.92 Å². The van der Waals surface area contributed by atoms with Crippen LogP contribution in [0.3, 0.4) is 0 Å². The van der Waals surface area contributed by atoms with Crippen molar-refractivity contribution in [1.29, 1.82) is 0 Å². The van der Waals surface area contributed by atoms with Gasteiger partial charge in [0.25, 0.3) is 0 Å². The molecule has 1 saturated heterocycles. The van der Waals surface area contributed by atoms with Crippen LogP contribution in [0.2, 0.25) is 0 Å². The summed E-state index contributed by atoms with van der Waals surface area (Å²) < 4.78 is 32.3. The van der Waals surface area contributed by atoms with Gasteiger partial charge in [-0.05, 0) is 25.7 Å². The second-order valence-corrected chi connectivity index (χ2v) is 9.04. The Kier molecular flexibility index (Phi) is 10.3. The molecule has 1 aliphatic heterocycles. The van der Waals surface area contributed by atoms with Crippen LogP contribution in [-0.2, 0) is 14.8 Å². The molecular weight excluding hydrogens is 312 g/mol. The maximum Gasteiger partial charge on any atom is 0.217 e. The Morgan fingerprint density at radius 2 is 1.70 bits per heavy atom. The lowest BCUT2D eigenvalue weighted by atomic mass is 10.1. The number of hydrogen-bond acceptors (Lipinski definition) is 4. The molecule has 0 unspecified atom stereocenters. The average Bonchev–Trinajstić information content (AvgIpc) is 2.44. The molecule has 0 aromatic carbocycles. The summed E-state index contributed by atoms with van der Waals surface area (Å²) in [5.41, 5.74) is 0. The van der Waals surface area contributed by atoms with Crippen LogP contribution in [0.5, 0.6) is 0 Å². The van der Waals surface area contributed by atoms with Gasteiger partial charge in [-0.2, -0.15) is 0 Å². The molecule has 0 aromatic rings. The Labute approximate surface area is 143 Å². The monoisotopic (exact) mass is 348 g/mol. The second-order valence-electron chi connectivity index (χ2n) is 6.99. The minimum absolute atomic E-state index is 0.209. The van der Waals surface area contributed by atoms with Crippen molar-refractivity contribution in [3.63, 3.8) is 0 Å². The van der Waals surface area contributed by atoms with E-state index in [9.17, 15) is 8.42 Å². The van der Waals surface area contributed by atoms with Gasteiger partial charge in [-0.15, -0.1) is 0 Å². The normalized spacial score (nSPS) is 16.9. The highest BCUT2D eigenvalue weighted by Gasteiger charge is 2.36. The summed E-state index contributed by atoms with van der Waals surface area (Å²) in [6.07, 6.45) is 6.77. The molecule has 5 nitrogen and oxygen atoms in total. The lowest BCUT2D eigenvalue weighted by Gasteiger charge is -2.39. The van der Waals surface area contributed by atoms with E-state index in [1.165, 1.54) is 19.3 Å². The molecule has 0 aromatic heterocycles. The molecule has 1 N–H and O–H groups in total. The molecule has 1 aliphatic rings. The van der Waals surface area contributed by atoms with Crippen LogP contribution in [0.15, 0.2) is 0 Å². The number of nitrogens with zero attached hydrogens (tertiary/aromatic N) is 1. The number of sulfonamides is 1. The molecule has 0 radical (unpaired) electrons. The van der Waals surface area contributed by atoms with Gasteiger partial charge < -0.3 is 9.64 Å². The van der Waals surface area contributed by atoms with E-state index in [1.54, 1.807) is 0 Å². The Morgan fingerprint density at radius 1 is 1.09 bits per heavy atom. The molecule has 0 spiro atoms. The molecular formula is C17H36N2O3S. The highest BCUT2D eigenvalue weighted by Crippen LogP contribution is 2.17. The van der Waals surface area contributed by atoms with Gasteiger partial charge in [0, 0.05) is 39.4 Å². The summed E-state index contributed by atoms with van der Waals surface area (Å²) in [7, 11) is -3.11. The predicted octanol–water partition coefficient (Wildman–Crippen LogP) is 2.62. The molecule has 6 heteroatoms. The largest absolute Gasteiger partial charge is 0.382 e. The number of nitrogens with one attached hydrogen (secondary N) is 1. The predicted molar refractivity (Wildman–Crippen MR) is 96.2 cm³/mol. The van der Waals surface area contributed by atoms with Crippen molar-refractivity contribution in [2.24, 2.45) is 5.92 Å². The molecule has 0 atom stereocenters. The van der Waals surface area contributed by atoms with E-state index in [2.05, 4.69) is 23.5 Å². The number of ether oxygens (including phenoxy) is 1. The van der Waals surface area contributed by atoms with Crippen molar-refractivity contribution < 1.29 is 13.2 Å². The smallest absolute Gasteiger partial charge is 0.217 e. The van der Waals surface area contributed by atoms with Gasteiger partial charge in [0.05, 0.1) is 0 Å². The van der Waals surface area contributed by atoms with Gasteiger partial charge in [-0.3, -0.25) is 0 Å². The molecule has 138 valence electrons. The van der Waals surface area contributed by atoms with E-state index in [0.717, 1.165) is 39.0 Å². The third kappa shape index (κ3) is 9.03. The van der Waals surface area contributed by atoms with E-state index >= 15 is 0 Å². The molecule has 1 heterocycles. The fourth-order valence-electron chi connectivity index (χ4n) is 2.90. The summed E-state index contributed by atoms with van der Waals surface area (Å²) in [6, 6.07) is 0. The van der Waals surface area contributed by atoms with Crippen molar-refractivity contribution >= 4 is 10.0 Å². The first-order valence-corrected chi connectivity index (χ1v) is 10.8. The van der Waals surface area contributed by atoms with Crippen LogP contribution >= 0.6 is 0 Å². The lowest BCUT2D eigenvalue weighted by molar-refractivity contribution is 0.143. The maximum absolute atomic E-state index is 12.1. The molecule has 0 amide bonds. The fourth-order valence-corrected chi connectivity index (χ4v) is 4.38. The summed E-state index contributed by atoms with van der Waals surface area (Å²) in [6.45, 7) is 11.0. The number of hydrogen-bond donors (Lipinski definition) is 1. The van der Waals surface area contributed by atoms with Crippen LogP contribution in [0.25, 0.3) is 0 Å². The zero-order valence-electron chi connectivity index (χ0n) is 15.2. The van der Waals surface area contributed by atoms with Gasteiger partial charge in [-0.25, -0.2) is 13.1 Å². The van der Waals surface area contributed by atoms with Gasteiger partial charge >= 0.3 is 0 Å². The Morgan fingerprint density at radius 3 is 2.30 bits per heavy atom. The molecule has 0 saturated carbocycles. The van der Waals surface area contributed by atoms with Gasteiger partial charge in [-0.1, -0.05) is 39.5 Å². The first kappa shape index (κ1) is 20.9. The number of likely N-dealkylation sites (tertiary alicyclic amines) is 1. The quantitative estimate of drug-likeness (QED) is 0.490. The van der Waals surface area contributed by atoms with Crippen molar-refractivity contribution in [2.45, 2.75) is 64.5 Å². The average molecular weight is 349 g/mol. The Bertz CT molecular complexity index is 393. The molecule has 0 aliphatic carbocycles.